The lowest BCUT2D eigenvalue weighted by Crippen LogP contribution is -2.31. The van der Waals surface area contributed by atoms with E-state index in [2.05, 4.69) is 17.6 Å². The third-order valence-electron chi connectivity index (χ3n) is 6.04. The van der Waals surface area contributed by atoms with Crippen molar-refractivity contribution in [1.29, 1.82) is 5.41 Å². The molecule has 32 heavy (non-hydrogen) atoms. The first kappa shape index (κ1) is 24.1. The molecular weight excluding hydrogens is 398 g/mol. The lowest BCUT2D eigenvalue weighted by atomic mass is 10.1. The number of para-hydroxylation sites is 3. The second-order valence-electron chi connectivity index (χ2n) is 8.68. The Morgan fingerprint density at radius 2 is 1.34 bits per heavy atom. The summed E-state index contributed by atoms with van der Waals surface area (Å²) >= 11 is 0. The first-order chi connectivity index (χ1) is 15.7. The molecular formula is C27H39N3O2. The molecule has 0 saturated heterocycles. The minimum absolute atomic E-state index is 0.203. The topological polar surface area (TPSA) is 63.2 Å². The zero-order valence-corrected chi connectivity index (χ0v) is 19.5. The van der Waals surface area contributed by atoms with Gasteiger partial charge in [0.15, 0.2) is 0 Å². The van der Waals surface area contributed by atoms with Gasteiger partial charge < -0.3 is 19.0 Å². The number of ether oxygens (including phenoxy) is 1. The molecule has 1 heterocycles. The van der Waals surface area contributed by atoms with Crippen LogP contribution < -0.4 is 10.4 Å². The van der Waals surface area contributed by atoms with Gasteiger partial charge in [0.25, 0.3) is 0 Å². The summed E-state index contributed by atoms with van der Waals surface area (Å²) in [5.74, 6) is 0.746. The molecule has 3 rings (SSSR count). The number of nitrogens with one attached hydrogen (secondary N) is 1. The lowest BCUT2D eigenvalue weighted by Gasteiger charge is -2.13. The minimum Gasteiger partial charge on any atom is -0.491 e. The van der Waals surface area contributed by atoms with Crippen molar-refractivity contribution in [2.24, 2.45) is 0 Å². The molecule has 0 aliphatic heterocycles. The van der Waals surface area contributed by atoms with Gasteiger partial charge in [0.1, 0.15) is 18.5 Å². The third kappa shape index (κ3) is 6.99. The fraction of sp³-hybridized carbons (Fsp3) is 0.519. The number of hydrogen-bond donors (Lipinski definition) is 2. The highest BCUT2D eigenvalue weighted by atomic mass is 16.5. The van der Waals surface area contributed by atoms with E-state index in [0.717, 1.165) is 29.7 Å². The number of unbranched alkanes of at least 4 members (excludes halogenated alkanes) is 8. The van der Waals surface area contributed by atoms with Crippen LogP contribution in [0.5, 0.6) is 5.75 Å². The van der Waals surface area contributed by atoms with Crippen LogP contribution >= 0.6 is 0 Å². The van der Waals surface area contributed by atoms with E-state index in [-0.39, 0.29) is 6.61 Å². The fourth-order valence-corrected chi connectivity index (χ4v) is 4.26. The molecule has 2 N–H and O–H groups in total. The Morgan fingerprint density at radius 1 is 0.781 bits per heavy atom. The summed E-state index contributed by atoms with van der Waals surface area (Å²) in [4.78, 5) is 0. The zero-order valence-electron chi connectivity index (χ0n) is 19.5. The van der Waals surface area contributed by atoms with Gasteiger partial charge in [-0.15, -0.1) is 0 Å². The van der Waals surface area contributed by atoms with Gasteiger partial charge in [0, 0.05) is 6.54 Å². The van der Waals surface area contributed by atoms with Crippen LogP contribution in [0.4, 0.5) is 0 Å². The maximum atomic E-state index is 10.6. The molecule has 0 saturated carbocycles. The molecule has 0 aliphatic rings. The van der Waals surface area contributed by atoms with Crippen molar-refractivity contribution in [3.8, 4) is 5.75 Å². The highest BCUT2D eigenvalue weighted by molar-refractivity contribution is 5.75. The van der Waals surface area contributed by atoms with Gasteiger partial charge in [-0.2, -0.15) is 0 Å². The van der Waals surface area contributed by atoms with Crippen molar-refractivity contribution in [3.05, 3.63) is 60.2 Å². The number of hydrogen-bond acceptors (Lipinski definition) is 3. The molecule has 0 fully saturated rings. The molecule has 5 heteroatoms. The summed E-state index contributed by atoms with van der Waals surface area (Å²) < 4.78 is 9.69. The zero-order chi connectivity index (χ0) is 22.6. The second-order valence-corrected chi connectivity index (χ2v) is 8.68. The van der Waals surface area contributed by atoms with E-state index < -0.39 is 6.10 Å². The van der Waals surface area contributed by atoms with E-state index >= 15 is 0 Å². The van der Waals surface area contributed by atoms with E-state index in [9.17, 15) is 5.11 Å². The highest BCUT2D eigenvalue weighted by Crippen LogP contribution is 2.16. The van der Waals surface area contributed by atoms with Gasteiger partial charge in [-0.05, 0) is 30.7 Å². The molecule has 2 aromatic carbocycles. The summed E-state index contributed by atoms with van der Waals surface area (Å²) in [6.07, 6.45) is 10.9. The Bertz CT molecular complexity index is 977. The summed E-state index contributed by atoms with van der Waals surface area (Å²) in [7, 11) is 0. The van der Waals surface area contributed by atoms with Crippen LogP contribution in [0.15, 0.2) is 54.6 Å². The van der Waals surface area contributed by atoms with Crippen LogP contribution in [0.3, 0.4) is 0 Å². The summed E-state index contributed by atoms with van der Waals surface area (Å²) in [5, 5.41) is 19.3. The molecule has 0 amide bonds. The molecule has 0 aliphatic carbocycles. The van der Waals surface area contributed by atoms with E-state index in [1.807, 2.05) is 53.1 Å². The third-order valence-corrected chi connectivity index (χ3v) is 6.04. The highest BCUT2D eigenvalue weighted by Gasteiger charge is 2.14. The molecule has 3 aromatic rings. The lowest BCUT2D eigenvalue weighted by molar-refractivity contribution is 0.0921. The molecule has 1 atom stereocenters. The number of aromatic nitrogens is 2. The average molecular weight is 438 g/mol. The van der Waals surface area contributed by atoms with E-state index in [4.69, 9.17) is 10.1 Å². The predicted octanol–water partition coefficient (Wildman–Crippen LogP) is 5.89. The van der Waals surface area contributed by atoms with E-state index in [1.54, 1.807) is 0 Å². The van der Waals surface area contributed by atoms with Gasteiger partial charge >= 0.3 is 0 Å². The standard InChI is InChI=1S/C27H39N3O2/c1-2-3-4-5-6-7-8-9-15-20-29-25-18-13-14-19-26(25)30(27(29)28)21-23(31)22-32-24-16-11-10-12-17-24/h10-14,16-19,23,28,31H,2-9,15,20-22H2,1H3. The number of fused-ring (bicyclic) bond motifs is 1. The first-order valence-corrected chi connectivity index (χ1v) is 12.3. The van der Waals surface area contributed by atoms with Crippen LogP contribution in [-0.2, 0) is 13.1 Å². The van der Waals surface area contributed by atoms with Crippen molar-refractivity contribution in [2.45, 2.75) is 83.9 Å². The molecule has 1 unspecified atom stereocenters. The van der Waals surface area contributed by atoms with Crippen molar-refractivity contribution in [2.75, 3.05) is 6.61 Å². The summed E-state index contributed by atoms with van der Waals surface area (Å²) in [6.45, 7) is 3.65. The van der Waals surface area contributed by atoms with Crippen molar-refractivity contribution in [1.82, 2.24) is 9.13 Å². The molecule has 0 radical (unpaired) electrons. The van der Waals surface area contributed by atoms with Gasteiger partial charge in [-0.25, -0.2) is 0 Å². The largest absolute Gasteiger partial charge is 0.491 e. The summed E-state index contributed by atoms with van der Waals surface area (Å²) in [5.41, 5.74) is 2.50. The predicted molar refractivity (Wildman–Crippen MR) is 131 cm³/mol. The van der Waals surface area contributed by atoms with Crippen molar-refractivity contribution < 1.29 is 9.84 Å². The number of aliphatic hydroxyl groups is 1. The van der Waals surface area contributed by atoms with E-state index in [0.29, 0.717) is 12.2 Å². The van der Waals surface area contributed by atoms with Crippen LogP contribution in [0.2, 0.25) is 0 Å². The SMILES string of the molecule is CCCCCCCCCCCn1c(=N)n(CC(O)COc2ccccc2)c2ccccc21. The monoisotopic (exact) mass is 437 g/mol. The Hall–Kier alpha value is -2.53. The molecule has 174 valence electrons. The Kier molecular flexibility index (Phi) is 9.89. The molecule has 0 bridgehead atoms. The fourth-order valence-electron chi connectivity index (χ4n) is 4.26. The van der Waals surface area contributed by atoms with Crippen LogP contribution in [0.1, 0.15) is 64.7 Å². The number of aliphatic hydroxyl groups excluding tert-OH is 1. The van der Waals surface area contributed by atoms with Gasteiger partial charge in [-0.1, -0.05) is 88.6 Å². The number of nitrogens with zero attached hydrogens (tertiary/aromatic N) is 2. The average Bonchev–Trinajstić information content (AvgIpc) is 3.08. The van der Waals surface area contributed by atoms with Gasteiger partial charge in [-0.3, -0.25) is 5.41 Å². The molecule has 0 spiro atoms. The first-order valence-electron chi connectivity index (χ1n) is 12.3. The van der Waals surface area contributed by atoms with Gasteiger partial charge in [0.05, 0.1) is 17.6 Å². The smallest absolute Gasteiger partial charge is 0.203 e. The van der Waals surface area contributed by atoms with Crippen LogP contribution in [0.25, 0.3) is 11.0 Å². The Balaban J connectivity index is 1.54. The van der Waals surface area contributed by atoms with Crippen LogP contribution in [0, 0.1) is 5.41 Å². The maximum Gasteiger partial charge on any atom is 0.203 e. The number of imidazole rings is 1. The van der Waals surface area contributed by atoms with Crippen molar-refractivity contribution >= 4 is 11.0 Å². The summed E-state index contributed by atoms with van der Waals surface area (Å²) in [6, 6.07) is 17.7. The molecule has 1 aromatic heterocycles. The van der Waals surface area contributed by atoms with Crippen molar-refractivity contribution in [3.63, 3.8) is 0 Å². The minimum atomic E-state index is -0.684. The van der Waals surface area contributed by atoms with Crippen LogP contribution in [-0.4, -0.2) is 27.0 Å². The Morgan fingerprint density at radius 3 is 2.00 bits per heavy atom. The Labute approximate surface area is 192 Å². The number of aryl methyl sites for hydroxylation is 1. The van der Waals surface area contributed by atoms with Gasteiger partial charge in [0.2, 0.25) is 5.62 Å². The normalized spacial score (nSPS) is 12.3. The maximum absolute atomic E-state index is 10.6. The number of rotatable bonds is 15. The number of benzene rings is 2. The second kappa shape index (κ2) is 13.1. The molecule has 5 nitrogen and oxygen atoms in total. The quantitative estimate of drug-likeness (QED) is 0.291. The van der Waals surface area contributed by atoms with E-state index in [1.165, 1.54) is 51.4 Å².